The molecule has 96 valence electrons. The van der Waals surface area contributed by atoms with Crippen LogP contribution in [-0.4, -0.2) is 36.3 Å². The van der Waals surface area contributed by atoms with E-state index < -0.39 is 0 Å². The Kier molecular flexibility index (Phi) is 5.44. The molecule has 0 aromatic carbocycles. The van der Waals surface area contributed by atoms with E-state index in [-0.39, 0.29) is 5.95 Å². The van der Waals surface area contributed by atoms with Crippen molar-refractivity contribution in [2.45, 2.75) is 26.3 Å². The van der Waals surface area contributed by atoms with Gasteiger partial charge in [-0.1, -0.05) is 18.5 Å². The summed E-state index contributed by atoms with van der Waals surface area (Å²) in [6.45, 7) is 5.57. The summed E-state index contributed by atoms with van der Waals surface area (Å²) >= 11 is 6.11. The number of nitrogen functional groups attached to an aromatic ring is 1. The molecule has 1 aromatic rings. The molecule has 0 saturated heterocycles. The smallest absolute Gasteiger partial charge is 0.222 e. The van der Waals surface area contributed by atoms with Crippen molar-refractivity contribution in [3.8, 4) is 0 Å². The molecule has 5 nitrogen and oxygen atoms in total. The molecule has 0 spiro atoms. The van der Waals surface area contributed by atoms with Gasteiger partial charge in [-0.25, -0.2) is 4.98 Å². The Labute approximate surface area is 107 Å². The molecule has 1 heterocycles. The Bertz CT molecular complexity index is 361. The lowest BCUT2D eigenvalue weighted by Gasteiger charge is -2.30. The summed E-state index contributed by atoms with van der Waals surface area (Å²) in [7, 11) is 1.67. The lowest BCUT2D eigenvalue weighted by molar-refractivity contribution is 0.203. The SMILES string of the molecule is CCC(C)N(CCOC)c1nc(N)ncc1Cl. The molecule has 1 unspecified atom stereocenters. The van der Waals surface area contributed by atoms with E-state index in [1.165, 1.54) is 6.20 Å². The molecule has 1 aromatic heterocycles. The predicted octanol–water partition coefficient (Wildman–Crippen LogP) is 1.96. The average Bonchev–Trinajstić information content (AvgIpc) is 2.33. The number of hydrogen-bond acceptors (Lipinski definition) is 5. The Morgan fingerprint density at radius 2 is 2.29 bits per heavy atom. The summed E-state index contributed by atoms with van der Waals surface area (Å²) in [5.41, 5.74) is 5.60. The Morgan fingerprint density at radius 1 is 1.59 bits per heavy atom. The number of methoxy groups -OCH3 is 1. The maximum atomic E-state index is 6.11. The monoisotopic (exact) mass is 258 g/mol. The quantitative estimate of drug-likeness (QED) is 0.845. The second-order valence-electron chi connectivity index (χ2n) is 3.84. The highest BCUT2D eigenvalue weighted by atomic mass is 35.5. The Hall–Kier alpha value is -1.07. The molecule has 6 heteroatoms. The third-order valence-electron chi connectivity index (χ3n) is 2.68. The van der Waals surface area contributed by atoms with Gasteiger partial charge in [0.15, 0.2) is 5.82 Å². The number of ether oxygens (including phenoxy) is 1. The number of halogens is 1. The van der Waals surface area contributed by atoms with Crippen LogP contribution in [0.1, 0.15) is 20.3 Å². The van der Waals surface area contributed by atoms with E-state index in [1.807, 2.05) is 0 Å². The Balaban J connectivity index is 2.98. The van der Waals surface area contributed by atoms with Crippen molar-refractivity contribution in [2.24, 2.45) is 0 Å². The van der Waals surface area contributed by atoms with Gasteiger partial charge in [0.2, 0.25) is 5.95 Å². The van der Waals surface area contributed by atoms with Gasteiger partial charge >= 0.3 is 0 Å². The first-order valence-corrected chi connectivity index (χ1v) is 6.01. The fourth-order valence-corrected chi connectivity index (χ4v) is 1.72. The Morgan fingerprint density at radius 3 is 2.88 bits per heavy atom. The van der Waals surface area contributed by atoms with Crippen LogP contribution in [0.4, 0.5) is 11.8 Å². The van der Waals surface area contributed by atoms with Crippen molar-refractivity contribution < 1.29 is 4.74 Å². The standard InChI is InChI=1S/C11H19ClN4O/c1-4-8(2)16(5-6-17-3)10-9(12)7-14-11(13)15-10/h7-8H,4-6H2,1-3H3,(H2,13,14,15). The summed E-state index contributed by atoms with van der Waals surface area (Å²) in [5, 5.41) is 0.510. The normalized spacial score (nSPS) is 12.5. The molecule has 0 amide bonds. The van der Waals surface area contributed by atoms with Gasteiger partial charge in [-0.3, -0.25) is 0 Å². The van der Waals surface area contributed by atoms with E-state index in [9.17, 15) is 0 Å². The van der Waals surface area contributed by atoms with Crippen LogP contribution in [0, 0.1) is 0 Å². The summed E-state index contributed by atoms with van der Waals surface area (Å²) in [6.07, 6.45) is 2.52. The van der Waals surface area contributed by atoms with Crippen molar-refractivity contribution in [2.75, 3.05) is 30.9 Å². The molecule has 0 fully saturated rings. The second-order valence-corrected chi connectivity index (χ2v) is 4.25. The number of anilines is 2. The molecule has 17 heavy (non-hydrogen) atoms. The summed E-state index contributed by atoms with van der Waals surface area (Å²) in [5.74, 6) is 0.903. The van der Waals surface area contributed by atoms with Crippen molar-refractivity contribution in [1.29, 1.82) is 0 Å². The summed E-state index contributed by atoms with van der Waals surface area (Å²) in [6, 6.07) is 0.317. The van der Waals surface area contributed by atoms with E-state index in [2.05, 4.69) is 28.7 Å². The first kappa shape index (κ1) is 14.0. The number of hydrogen-bond donors (Lipinski definition) is 1. The predicted molar refractivity (Wildman–Crippen MR) is 70.4 cm³/mol. The lowest BCUT2D eigenvalue weighted by Crippen LogP contribution is -2.36. The first-order valence-electron chi connectivity index (χ1n) is 5.63. The molecule has 0 radical (unpaired) electrons. The lowest BCUT2D eigenvalue weighted by atomic mass is 10.2. The van der Waals surface area contributed by atoms with Gasteiger partial charge < -0.3 is 15.4 Å². The van der Waals surface area contributed by atoms with Gasteiger partial charge in [0.1, 0.15) is 5.02 Å². The fraction of sp³-hybridized carbons (Fsp3) is 0.636. The van der Waals surface area contributed by atoms with Crippen LogP contribution in [0.25, 0.3) is 0 Å². The van der Waals surface area contributed by atoms with Gasteiger partial charge in [-0.05, 0) is 13.3 Å². The number of nitrogens with two attached hydrogens (primary N) is 1. The summed E-state index contributed by atoms with van der Waals surface area (Å²) in [4.78, 5) is 10.2. The molecule has 0 aliphatic heterocycles. The molecule has 1 atom stereocenters. The number of nitrogens with zero attached hydrogens (tertiary/aromatic N) is 3. The molecule has 1 rings (SSSR count). The van der Waals surface area contributed by atoms with E-state index in [1.54, 1.807) is 7.11 Å². The van der Waals surface area contributed by atoms with Gasteiger partial charge in [-0.2, -0.15) is 4.98 Å². The third kappa shape index (κ3) is 3.71. The molecule has 0 saturated carbocycles. The van der Waals surface area contributed by atoms with Gasteiger partial charge in [-0.15, -0.1) is 0 Å². The van der Waals surface area contributed by atoms with Crippen molar-refractivity contribution in [3.63, 3.8) is 0 Å². The average molecular weight is 259 g/mol. The van der Waals surface area contributed by atoms with Crippen LogP contribution >= 0.6 is 11.6 Å². The zero-order valence-electron chi connectivity index (χ0n) is 10.5. The first-order chi connectivity index (χ1) is 8.10. The van der Waals surface area contributed by atoms with E-state index >= 15 is 0 Å². The van der Waals surface area contributed by atoms with Crippen LogP contribution in [-0.2, 0) is 4.74 Å². The van der Waals surface area contributed by atoms with Gasteiger partial charge in [0, 0.05) is 19.7 Å². The molecule has 0 aliphatic carbocycles. The van der Waals surface area contributed by atoms with Gasteiger partial charge in [0.25, 0.3) is 0 Å². The topological polar surface area (TPSA) is 64.3 Å². The minimum absolute atomic E-state index is 0.232. The fourth-order valence-electron chi connectivity index (χ4n) is 1.52. The van der Waals surface area contributed by atoms with Crippen LogP contribution < -0.4 is 10.6 Å². The number of rotatable bonds is 6. The van der Waals surface area contributed by atoms with Crippen LogP contribution in [0.5, 0.6) is 0 Å². The largest absolute Gasteiger partial charge is 0.383 e. The molecule has 2 N–H and O–H groups in total. The highest BCUT2D eigenvalue weighted by Crippen LogP contribution is 2.25. The van der Waals surface area contributed by atoms with E-state index in [0.717, 1.165) is 13.0 Å². The third-order valence-corrected chi connectivity index (χ3v) is 2.94. The molecular formula is C11H19ClN4O. The summed E-state index contributed by atoms with van der Waals surface area (Å²) < 4.78 is 5.10. The maximum absolute atomic E-state index is 6.11. The van der Waals surface area contributed by atoms with Crippen molar-refractivity contribution in [1.82, 2.24) is 9.97 Å². The minimum Gasteiger partial charge on any atom is -0.383 e. The molecule has 0 aliphatic rings. The minimum atomic E-state index is 0.232. The van der Waals surface area contributed by atoms with Crippen LogP contribution in [0.15, 0.2) is 6.20 Å². The second kappa shape index (κ2) is 6.61. The highest BCUT2D eigenvalue weighted by molar-refractivity contribution is 6.32. The van der Waals surface area contributed by atoms with Crippen LogP contribution in [0.3, 0.4) is 0 Å². The molecule has 0 bridgehead atoms. The van der Waals surface area contributed by atoms with Gasteiger partial charge in [0.05, 0.1) is 12.8 Å². The zero-order valence-corrected chi connectivity index (χ0v) is 11.2. The zero-order chi connectivity index (χ0) is 12.8. The maximum Gasteiger partial charge on any atom is 0.222 e. The van der Waals surface area contributed by atoms with E-state index in [0.29, 0.717) is 23.5 Å². The van der Waals surface area contributed by atoms with E-state index in [4.69, 9.17) is 22.1 Å². The van der Waals surface area contributed by atoms with Crippen molar-refractivity contribution in [3.05, 3.63) is 11.2 Å². The van der Waals surface area contributed by atoms with Crippen molar-refractivity contribution >= 4 is 23.4 Å². The van der Waals surface area contributed by atoms with Crippen LogP contribution in [0.2, 0.25) is 5.02 Å². The molecular weight excluding hydrogens is 240 g/mol. The highest BCUT2D eigenvalue weighted by Gasteiger charge is 2.17. The number of aromatic nitrogens is 2.